The SMILES string of the molecule is Cn1c(C2CCCN(C(=O)c3nnn(-c4cccc(F)c4)c3C3CC3)C2)n[nH]c1=S. The number of likely N-dealkylation sites (tertiary alicyclic amines) is 1. The van der Waals surface area contributed by atoms with E-state index in [2.05, 4.69) is 20.5 Å². The Morgan fingerprint density at radius 1 is 1.27 bits per heavy atom. The van der Waals surface area contributed by atoms with Gasteiger partial charge in [0.2, 0.25) is 0 Å². The second kappa shape index (κ2) is 7.42. The van der Waals surface area contributed by atoms with E-state index in [0.29, 0.717) is 29.2 Å². The number of benzene rings is 1. The minimum absolute atomic E-state index is 0.114. The molecule has 156 valence electrons. The van der Waals surface area contributed by atoms with E-state index in [0.717, 1.165) is 37.2 Å². The number of nitrogens with zero attached hydrogens (tertiary/aromatic N) is 6. The predicted molar refractivity (Wildman–Crippen MR) is 110 cm³/mol. The third-order valence-corrected chi connectivity index (χ3v) is 6.28. The van der Waals surface area contributed by atoms with Crippen LogP contribution in [0.1, 0.15) is 59.5 Å². The van der Waals surface area contributed by atoms with Crippen molar-refractivity contribution in [3.05, 3.63) is 52.1 Å². The normalized spacial score (nSPS) is 19.3. The highest BCUT2D eigenvalue weighted by molar-refractivity contribution is 7.71. The van der Waals surface area contributed by atoms with Crippen molar-refractivity contribution in [3.8, 4) is 5.69 Å². The van der Waals surface area contributed by atoms with Crippen molar-refractivity contribution in [3.63, 3.8) is 0 Å². The van der Waals surface area contributed by atoms with Crippen LogP contribution in [0.15, 0.2) is 24.3 Å². The molecule has 0 radical (unpaired) electrons. The third kappa shape index (κ3) is 3.34. The van der Waals surface area contributed by atoms with Crippen molar-refractivity contribution in [2.45, 2.75) is 37.5 Å². The van der Waals surface area contributed by atoms with E-state index in [1.54, 1.807) is 16.8 Å². The zero-order chi connectivity index (χ0) is 20.8. The van der Waals surface area contributed by atoms with Crippen molar-refractivity contribution in [2.75, 3.05) is 13.1 Å². The molecule has 1 N–H and O–H groups in total. The molecule has 3 aromatic rings. The van der Waals surface area contributed by atoms with Gasteiger partial charge in [0.15, 0.2) is 10.5 Å². The largest absolute Gasteiger partial charge is 0.336 e. The van der Waals surface area contributed by atoms with Crippen molar-refractivity contribution >= 4 is 18.1 Å². The van der Waals surface area contributed by atoms with Gasteiger partial charge in [-0.25, -0.2) is 9.07 Å². The fourth-order valence-corrected chi connectivity index (χ4v) is 4.35. The monoisotopic (exact) mass is 427 g/mol. The van der Waals surface area contributed by atoms with Crippen LogP contribution in [-0.4, -0.2) is 53.7 Å². The van der Waals surface area contributed by atoms with Gasteiger partial charge in [-0.1, -0.05) is 11.3 Å². The molecule has 3 heterocycles. The lowest BCUT2D eigenvalue weighted by atomic mass is 9.96. The summed E-state index contributed by atoms with van der Waals surface area (Å²) >= 11 is 5.23. The Bertz CT molecular complexity index is 1160. The summed E-state index contributed by atoms with van der Waals surface area (Å²) in [6.45, 7) is 1.23. The van der Waals surface area contributed by atoms with Crippen LogP contribution in [0.3, 0.4) is 0 Å². The van der Waals surface area contributed by atoms with Crippen LogP contribution >= 0.6 is 12.2 Å². The molecule has 10 heteroatoms. The second-order valence-corrected chi connectivity index (χ2v) is 8.41. The van der Waals surface area contributed by atoms with Crippen LogP contribution in [0.25, 0.3) is 5.69 Å². The number of H-pyrrole nitrogens is 1. The predicted octanol–water partition coefficient (Wildman–Crippen LogP) is 3.09. The summed E-state index contributed by atoms with van der Waals surface area (Å²) in [6.07, 6.45) is 3.79. The van der Waals surface area contributed by atoms with Gasteiger partial charge in [0.25, 0.3) is 5.91 Å². The molecule has 1 amide bonds. The molecule has 30 heavy (non-hydrogen) atoms. The van der Waals surface area contributed by atoms with Gasteiger partial charge in [0.1, 0.15) is 11.6 Å². The second-order valence-electron chi connectivity index (χ2n) is 8.03. The molecule has 2 fully saturated rings. The molecular weight excluding hydrogens is 405 g/mol. The Hall–Kier alpha value is -2.88. The molecule has 1 aliphatic carbocycles. The maximum absolute atomic E-state index is 13.7. The highest BCUT2D eigenvalue weighted by Crippen LogP contribution is 2.42. The molecule has 2 aliphatic rings. The van der Waals surface area contributed by atoms with E-state index in [1.165, 1.54) is 12.1 Å². The van der Waals surface area contributed by atoms with Crippen LogP contribution in [-0.2, 0) is 7.05 Å². The first-order valence-corrected chi connectivity index (χ1v) is 10.6. The van der Waals surface area contributed by atoms with Crippen LogP contribution in [0, 0.1) is 10.6 Å². The molecule has 1 unspecified atom stereocenters. The lowest BCUT2D eigenvalue weighted by Gasteiger charge is -2.31. The molecule has 0 bridgehead atoms. The van der Waals surface area contributed by atoms with E-state index in [4.69, 9.17) is 12.2 Å². The van der Waals surface area contributed by atoms with Crippen LogP contribution in [0.5, 0.6) is 0 Å². The lowest BCUT2D eigenvalue weighted by Crippen LogP contribution is -2.40. The average molecular weight is 428 g/mol. The number of carbonyl (C=O) groups excluding carboxylic acids is 1. The quantitative estimate of drug-likeness (QED) is 0.647. The first kappa shape index (κ1) is 19.1. The zero-order valence-electron chi connectivity index (χ0n) is 16.6. The summed E-state index contributed by atoms with van der Waals surface area (Å²) in [5.41, 5.74) is 1.74. The number of amides is 1. The van der Waals surface area contributed by atoms with Gasteiger partial charge in [0.05, 0.1) is 11.4 Å². The van der Waals surface area contributed by atoms with Crippen LogP contribution in [0.2, 0.25) is 0 Å². The average Bonchev–Trinajstić information content (AvgIpc) is 3.41. The zero-order valence-corrected chi connectivity index (χ0v) is 17.4. The minimum atomic E-state index is -0.343. The van der Waals surface area contributed by atoms with E-state index in [-0.39, 0.29) is 23.6 Å². The number of carbonyl (C=O) groups is 1. The third-order valence-electron chi connectivity index (χ3n) is 5.91. The Balaban J connectivity index is 1.45. The molecule has 5 rings (SSSR count). The van der Waals surface area contributed by atoms with Gasteiger partial charge < -0.3 is 9.47 Å². The number of aromatic nitrogens is 6. The summed E-state index contributed by atoms with van der Waals surface area (Å²) in [5.74, 6) is 0.742. The summed E-state index contributed by atoms with van der Waals surface area (Å²) in [4.78, 5) is 15.2. The first-order valence-electron chi connectivity index (χ1n) is 10.1. The Labute approximate surface area is 177 Å². The number of hydrogen-bond donors (Lipinski definition) is 1. The lowest BCUT2D eigenvalue weighted by molar-refractivity contribution is 0.0696. The van der Waals surface area contributed by atoms with Crippen LogP contribution < -0.4 is 0 Å². The molecule has 1 saturated heterocycles. The van der Waals surface area contributed by atoms with Crippen molar-refractivity contribution in [1.82, 2.24) is 34.7 Å². The van der Waals surface area contributed by atoms with E-state index in [1.807, 2.05) is 16.5 Å². The molecule has 0 spiro atoms. The van der Waals surface area contributed by atoms with Gasteiger partial charge in [0, 0.05) is 32.0 Å². The first-order chi connectivity index (χ1) is 14.5. The maximum atomic E-state index is 13.7. The topological polar surface area (TPSA) is 84.6 Å². The summed E-state index contributed by atoms with van der Waals surface area (Å²) in [5, 5.41) is 15.6. The van der Waals surface area contributed by atoms with E-state index in [9.17, 15) is 9.18 Å². The Kier molecular flexibility index (Phi) is 4.73. The Morgan fingerprint density at radius 2 is 2.10 bits per heavy atom. The van der Waals surface area contributed by atoms with Crippen molar-refractivity contribution < 1.29 is 9.18 Å². The molecule has 1 atom stereocenters. The van der Waals surface area contributed by atoms with Gasteiger partial charge >= 0.3 is 0 Å². The molecule has 1 saturated carbocycles. The van der Waals surface area contributed by atoms with Crippen molar-refractivity contribution in [1.29, 1.82) is 0 Å². The fraction of sp³-hybridized carbons (Fsp3) is 0.450. The molecular formula is C20H22FN7OS. The fourth-order valence-electron chi connectivity index (χ4n) is 4.21. The Morgan fingerprint density at radius 3 is 2.80 bits per heavy atom. The van der Waals surface area contributed by atoms with Gasteiger partial charge in [-0.3, -0.25) is 9.89 Å². The number of halogens is 1. The number of hydrogen-bond acceptors (Lipinski definition) is 5. The van der Waals surface area contributed by atoms with Gasteiger partial charge in [-0.05, 0) is 56.1 Å². The standard InChI is InChI=1S/C20H22FN7OS/c1-26-18(23-24-20(26)30)13-4-3-9-27(11-13)19(29)16-17(12-7-8-12)28(25-22-16)15-6-2-5-14(21)10-15/h2,5-6,10,12-13H,3-4,7-9,11H2,1H3,(H,24,30). The molecule has 2 aromatic heterocycles. The van der Waals surface area contributed by atoms with Crippen molar-refractivity contribution in [2.24, 2.45) is 7.05 Å². The highest BCUT2D eigenvalue weighted by Gasteiger charge is 2.37. The van der Waals surface area contributed by atoms with E-state index >= 15 is 0 Å². The number of nitrogens with one attached hydrogen (secondary N) is 1. The molecule has 1 aliphatic heterocycles. The number of aromatic amines is 1. The molecule has 1 aromatic carbocycles. The number of piperidine rings is 1. The summed E-state index contributed by atoms with van der Waals surface area (Å²) in [7, 11) is 1.89. The van der Waals surface area contributed by atoms with Crippen LogP contribution in [0.4, 0.5) is 4.39 Å². The van der Waals surface area contributed by atoms with E-state index < -0.39 is 0 Å². The number of rotatable bonds is 4. The van der Waals surface area contributed by atoms with Gasteiger partial charge in [-0.15, -0.1) is 5.10 Å². The maximum Gasteiger partial charge on any atom is 0.276 e. The highest BCUT2D eigenvalue weighted by atomic mass is 32.1. The van der Waals surface area contributed by atoms with Gasteiger partial charge in [-0.2, -0.15) is 5.10 Å². The summed E-state index contributed by atoms with van der Waals surface area (Å²) in [6, 6.07) is 6.21. The molecule has 8 nitrogen and oxygen atoms in total. The smallest absolute Gasteiger partial charge is 0.276 e. The minimum Gasteiger partial charge on any atom is -0.336 e. The summed E-state index contributed by atoms with van der Waals surface area (Å²) < 4.78 is 17.8.